The second kappa shape index (κ2) is 11.1. The third-order valence-corrected chi connectivity index (χ3v) is 5.76. The van der Waals surface area contributed by atoms with Crippen LogP contribution in [-0.2, 0) is 0 Å². The van der Waals surface area contributed by atoms with Crippen LogP contribution in [0.1, 0.15) is 31.2 Å². The van der Waals surface area contributed by atoms with Crippen LogP contribution >= 0.6 is 12.2 Å². The molecule has 176 valence electrons. The van der Waals surface area contributed by atoms with E-state index in [1.165, 1.54) is 6.42 Å². The van der Waals surface area contributed by atoms with E-state index in [0.29, 0.717) is 22.9 Å². The van der Waals surface area contributed by atoms with E-state index in [4.69, 9.17) is 17.2 Å². The van der Waals surface area contributed by atoms with Crippen molar-refractivity contribution in [2.75, 3.05) is 29.0 Å². The summed E-state index contributed by atoms with van der Waals surface area (Å²) in [6, 6.07) is 20.0. The van der Waals surface area contributed by atoms with Crippen LogP contribution in [0.15, 0.2) is 65.7 Å². The molecule has 1 aromatic heterocycles. The Labute approximate surface area is 206 Å². The topological polar surface area (TPSA) is 77.5 Å². The summed E-state index contributed by atoms with van der Waals surface area (Å²) in [4.78, 5) is 16.0. The van der Waals surface area contributed by atoms with E-state index in [1.807, 2.05) is 74.5 Å². The third kappa shape index (κ3) is 6.74. The van der Waals surface area contributed by atoms with Crippen molar-refractivity contribution in [2.24, 2.45) is 10.9 Å². The van der Waals surface area contributed by atoms with Crippen LogP contribution in [0.25, 0.3) is 0 Å². The number of anilines is 4. The molecule has 1 saturated heterocycles. The number of piperidine rings is 1. The molecule has 34 heavy (non-hydrogen) atoms. The highest BCUT2D eigenvalue weighted by atomic mass is 32.1. The van der Waals surface area contributed by atoms with E-state index >= 15 is 0 Å². The molecule has 7 nitrogen and oxygen atoms in total. The number of nitrogens with one attached hydrogen (secondary N) is 3. The van der Waals surface area contributed by atoms with Gasteiger partial charge in [-0.15, -0.1) is 0 Å². The van der Waals surface area contributed by atoms with Crippen molar-refractivity contribution in [1.29, 1.82) is 0 Å². The van der Waals surface area contributed by atoms with Crippen LogP contribution in [0, 0.1) is 19.8 Å². The summed E-state index contributed by atoms with van der Waals surface area (Å²) in [5.41, 5.74) is 4.74. The highest BCUT2D eigenvalue weighted by Crippen LogP contribution is 2.20. The second-order valence-electron chi connectivity index (χ2n) is 8.73. The number of rotatable bonds is 4. The van der Waals surface area contributed by atoms with Gasteiger partial charge < -0.3 is 15.5 Å². The van der Waals surface area contributed by atoms with Crippen LogP contribution in [0.5, 0.6) is 0 Å². The van der Waals surface area contributed by atoms with Gasteiger partial charge in [-0.05, 0) is 87.3 Å². The molecule has 3 N–H and O–H groups in total. The fourth-order valence-corrected chi connectivity index (χ4v) is 4.22. The Morgan fingerprint density at radius 1 is 0.941 bits per heavy atom. The van der Waals surface area contributed by atoms with E-state index < -0.39 is 0 Å². The van der Waals surface area contributed by atoms with Gasteiger partial charge in [-0.1, -0.05) is 25.1 Å². The minimum absolute atomic E-state index is 0.383. The first kappa shape index (κ1) is 23.6. The zero-order chi connectivity index (χ0) is 23.9. The average Bonchev–Trinajstić information content (AvgIpc) is 2.80. The summed E-state index contributed by atoms with van der Waals surface area (Å²) < 4.78 is 0. The van der Waals surface area contributed by atoms with Crippen molar-refractivity contribution >= 4 is 46.3 Å². The van der Waals surface area contributed by atoms with Gasteiger partial charge in [-0.2, -0.15) is 4.99 Å². The first-order chi connectivity index (χ1) is 16.4. The SMILES string of the molecule is Cc1cc(C)nc(N/C(=N/C(=S)Nc2ccc(Nc3ccccc3)cc2)N2CCCC(C)C2)n1. The Hall–Kier alpha value is -3.52. The predicted molar refractivity (Wildman–Crippen MR) is 145 cm³/mol. The molecule has 1 aliphatic rings. The summed E-state index contributed by atoms with van der Waals surface area (Å²) >= 11 is 5.59. The van der Waals surface area contributed by atoms with Gasteiger partial charge in [0.25, 0.3) is 0 Å². The first-order valence-electron chi connectivity index (χ1n) is 11.6. The standard InChI is InChI=1S/C26H31N7S/c1-18-8-7-15-33(17-18)25(31-24-27-19(2)16-20(3)28-24)32-26(34)30-23-13-11-22(12-14-23)29-21-9-5-4-6-10-21/h4-6,9-14,16,18,29H,7-8,15,17H2,1-3H3,(H2,27,28,30,31,32,34). The summed E-state index contributed by atoms with van der Waals surface area (Å²) in [5, 5.41) is 10.3. The first-order valence-corrected chi connectivity index (χ1v) is 12.0. The monoisotopic (exact) mass is 473 g/mol. The molecular formula is C26H31N7S. The molecule has 2 aromatic carbocycles. The lowest BCUT2D eigenvalue weighted by atomic mass is 10.0. The van der Waals surface area contributed by atoms with Crippen LogP contribution in [-0.4, -0.2) is 39.0 Å². The average molecular weight is 474 g/mol. The number of thiocarbonyl (C=S) groups is 1. The Kier molecular flexibility index (Phi) is 7.69. The lowest BCUT2D eigenvalue weighted by Gasteiger charge is -2.33. The molecular weight excluding hydrogens is 442 g/mol. The lowest BCUT2D eigenvalue weighted by molar-refractivity contribution is 0.273. The van der Waals surface area contributed by atoms with E-state index in [9.17, 15) is 0 Å². The highest BCUT2D eigenvalue weighted by molar-refractivity contribution is 7.80. The van der Waals surface area contributed by atoms with Crippen molar-refractivity contribution in [3.05, 3.63) is 72.1 Å². The largest absolute Gasteiger partial charge is 0.356 e. The van der Waals surface area contributed by atoms with Gasteiger partial charge in [-0.25, -0.2) is 9.97 Å². The predicted octanol–water partition coefficient (Wildman–Crippen LogP) is 5.73. The third-order valence-electron chi connectivity index (χ3n) is 5.57. The van der Waals surface area contributed by atoms with Crippen molar-refractivity contribution in [1.82, 2.24) is 14.9 Å². The zero-order valence-electron chi connectivity index (χ0n) is 19.9. The van der Waals surface area contributed by atoms with E-state index in [-0.39, 0.29) is 0 Å². The number of benzene rings is 2. The number of hydrogen-bond acceptors (Lipinski definition) is 4. The van der Waals surface area contributed by atoms with Crippen LogP contribution < -0.4 is 16.0 Å². The molecule has 1 fully saturated rings. The van der Waals surface area contributed by atoms with Crippen LogP contribution in [0.4, 0.5) is 23.0 Å². The Bertz CT molecular complexity index is 1130. The lowest BCUT2D eigenvalue weighted by Crippen LogP contribution is -2.43. The molecule has 3 aromatic rings. The molecule has 8 heteroatoms. The maximum atomic E-state index is 5.59. The maximum absolute atomic E-state index is 5.59. The van der Waals surface area contributed by atoms with E-state index in [0.717, 1.165) is 48.0 Å². The number of para-hydroxylation sites is 1. The molecule has 1 atom stereocenters. The number of aryl methyl sites for hydroxylation is 2. The smallest absolute Gasteiger partial charge is 0.229 e. The molecule has 1 unspecified atom stereocenters. The fraction of sp³-hybridized carbons (Fsp3) is 0.308. The summed E-state index contributed by atoms with van der Waals surface area (Å²) in [7, 11) is 0. The van der Waals surface area contributed by atoms with Crippen molar-refractivity contribution in [3.63, 3.8) is 0 Å². The summed E-state index contributed by atoms with van der Waals surface area (Å²) in [6.07, 6.45) is 2.33. The van der Waals surface area contributed by atoms with E-state index in [2.05, 4.69) is 37.7 Å². The normalized spacial score (nSPS) is 16.1. The van der Waals surface area contributed by atoms with Gasteiger partial charge in [0.1, 0.15) is 0 Å². The number of nitrogens with zero attached hydrogens (tertiary/aromatic N) is 4. The highest BCUT2D eigenvalue weighted by Gasteiger charge is 2.21. The Morgan fingerprint density at radius 2 is 1.59 bits per heavy atom. The minimum Gasteiger partial charge on any atom is -0.356 e. The Balaban J connectivity index is 1.48. The summed E-state index contributed by atoms with van der Waals surface area (Å²) in [5.74, 6) is 1.80. The number of guanidine groups is 1. The molecule has 0 saturated carbocycles. The van der Waals surface area contributed by atoms with Crippen molar-refractivity contribution in [3.8, 4) is 0 Å². The number of hydrogen-bond donors (Lipinski definition) is 3. The number of aromatic nitrogens is 2. The molecule has 0 spiro atoms. The van der Waals surface area contributed by atoms with Crippen molar-refractivity contribution in [2.45, 2.75) is 33.6 Å². The van der Waals surface area contributed by atoms with Gasteiger partial charge in [0, 0.05) is 41.5 Å². The van der Waals surface area contributed by atoms with Crippen LogP contribution in [0.2, 0.25) is 0 Å². The van der Waals surface area contributed by atoms with Gasteiger partial charge in [-0.3, -0.25) is 5.32 Å². The van der Waals surface area contributed by atoms with Gasteiger partial charge in [0.15, 0.2) is 0 Å². The molecule has 4 rings (SSSR count). The number of aliphatic imine (C=N–C) groups is 1. The second-order valence-corrected chi connectivity index (χ2v) is 9.11. The van der Waals surface area contributed by atoms with Gasteiger partial charge in [0.05, 0.1) is 0 Å². The minimum atomic E-state index is 0.383. The fourth-order valence-electron chi connectivity index (χ4n) is 4.01. The van der Waals surface area contributed by atoms with Gasteiger partial charge >= 0.3 is 0 Å². The molecule has 2 heterocycles. The molecule has 0 bridgehead atoms. The molecule has 0 amide bonds. The molecule has 1 aliphatic heterocycles. The van der Waals surface area contributed by atoms with Gasteiger partial charge in [0.2, 0.25) is 17.0 Å². The van der Waals surface area contributed by atoms with E-state index in [1.54, 1.807) is 0 Å². The number of likely N-dealkylation sites (tertiary alicyclic amines) is 1. The maximum Gasteiger partial charge on any atom is 0.229 e. The van der Waals surface area contributed by atoms with Crippen LogP contribution in [0.3, 0.4) is 0 Å². The zero-order valence-corrected chi connectivity index (χ0v) is 20.7. The quantitative estimate of drug-likeness (QED) is 0.254. The van der Waals surface area contributed by atoms with Crippen molar-refractivity contribution < 1.29 is 0 Å². The molecule has 0 radical (unpaired) electrons. The molecule has 0 aliphatic carbocycles. The Morgan fingerprint density at radius 3 is 2.26 bits per heavy atom. The summed E-state index contributed by atoms with van der Waals surface area (Å²) in [6.45, 7) is 8.02.